The molecule has 0 amide bonds. The van der Waals surface area contributed by atoms with Crippen molar-refractivity contribution in [1.29, 1.82) is 0 Å². The van der Waals surface area contributed by atoms with E-state index in [9.17, 15) is 0 Å². The van der Waals surface area contributed by atoms with Crippen LogP contribution in [0.5, 0.6) is 0 Å². The minimum Gasteiger partial charge on any atom is -0.374 e. The molecule has 1 heterocycles. The molecule has 3 nitrogen and oxygen atoms in total. The molecule has 1 atom stereocenters. The number of hydrogen-bond donors (Lipinski definition) is 1. The highest BCUT2D eigenvalue weighted by Crippen LogP contribution is 2.03. The normalized spacial score (nSPS) is 22.5. The van der Waals surface area contributed by atoms with Gasteiger partial charge in [0.05, 0.1) is 12.7 Å². The summed E-state index contributed by atoms with van der Waals surface area (Å²) in [4.78, 5) is 2.34. The molecule has 1 saturated heterocycles. The molecule has 1 aliphatic rings. The third kappa shape index (κ3) is 7.04. The molecule has 1 rings (SSSR count). The van der Waals surface area contributed by atoms with Gasteiger partial charge in [-0.05, 0) is 30.9 Å². The highest BCUT2D eigenvalue weighted by Gasteiger charge is 2.16. The SMILES string of the molecule is CN1CCOC(CNCCCCCCI)C1. The molecule has 0 aromatic heterocycles. The van der Waals surface area contributed by atoms with Crippen molar-refractivity contribution in [3.8, 4) is 0 Å². The first-order valence-electron chi connectivity index (χ1n) is 6.39. The Bertz CT molecular complexity index is 169. The molecule has 16 heavy (non-hydrogen) atoms. The van der Waals surface area contributed by atoms with E-state index in [1.54, 1.807) is 0 Å². The van der Waals surface area contributed by atoms with Crippen molar-refractivity contribution in [1.82, 2.24) is 10.2 Å². The van der Waals surface area contributed by atoms with Gasteiger partial charge in [-0.15, -0.1) is 0 Å². The molecule has 1 fully saturated rings. The fourth-order valence-electron chi connectivity index (χ4n) is 1.95. The van der Waals surface area contributed by atoms with Crippen molar-refractivity contribution >= 4 is 22.6 Å². The molecule has 96 valence electrons. The Labute approximate surface area is 113 Å². The second-order valence-corrected chi connectivity index (χ2v) is 5.64. The number of halogens is 1. The second-order valence-electron chi connectivity index (χ2n) is 4.56. The smallest absolute Gasteiger partial charge is 0.0826 e. The second kappa shape index (κ2) is 9.62. The first-order chi connectivity index (χ1) is 7.83. The maximum Gasteiger partial charge on any atom is 0.0826 e. The lowest BCUT2D eigenvalue weighted by Crippen LogP contribution is -2.44. The van der Waals surface area contributed by atoms with Crippen molar-refractivity contribution in [2.24, 2.45) is 0 Å². The summed E-state index contributed by atoms with van der Waals surface area (Å²) in [6, 6.07) is 0. The lowest BCUT2D eigenvalue weighted by Gasteiger charge is -2.30. The van der Waals surface area contributed by atoms with Crippen LogP contribution in [0.15, 0.2) is 0 Å². The summed E-state index contributed by atoms with van der Waals surface area (Å²) < 4.78 is 6.99. The van der Waals surface area contributed by atoms with E-state index in [-0.39, 0.29) is 0 Å². The molecule has 1 unspecified atom stereocenters. The molecule has 0 spiro atoms. The number of rotatable bonds is 8. The van der Waals surface area contributed by atoms with Crippen molar-refractivity contribution < 1.29 is 4.74 Å². The molecular formula is C12H25IN2O. The highest BCUT2D eigenvalue weighted by molar-refractivity contribution is 14.1. The van der Waals surface area contributed by atoms with E-state index in [1.165, 1.54) is 30.1 Å². The van der Waals surface area contributed by atoms with E-state index in [4.69, 9.17) is 4.74 Å². The van der Waals surface area contributed by atoms with Crippen LogP contribution in [0.25, 0.3) is 0 Å². The molecular weight excluding hydrogens is 315 g/mol. The van der Waals surface area contributed by atoms with Gasteiger partial charge in [-0.2, -0.15) is 0 Å². The van der Waals surface area contributed by atoms with Gasteiger partial charge in [-0.25, -0.2) is 0 Å². The van der Waals surface area contributed by atoms with E-state index in [1.807, 2.05) is 0 Å². The van der Waals surface area contributed by atoms with Crippen LogP contribution in [0.1, 0.15) is 25.7 Å². The quantitative estimate of drug-likeness (QED) is 0.415. The summed E-state index contributed by atoms with van der Waals surface area (Å²) in [5.41, 5.74) is 0. The zero-order valence-electron chi connectivity index (χ0n) is 10.4. The molecule has 1 N–H and O–H groups in total. The van der Waals surface area contributed by atoms with Crippen LogP contribution in [0.4, 0.5) is 0 Å². The fraction of sp³-hybridized carbons (Fsp3) is 1.00. The molecule has 0 bridgehead atoms. The van der Waals surface area contributed by atoms with E-state index >= 15 is 0 Å². The minimum atomic E-state index is 0.396. The number of likely N-dealkylation sites (N-methyl/N-ethyl adjacent to an activating group) is 1. The zero-order valence-corrected chi connectivity index (χ0v) is 12.5. The van der Waals surface area contributed by atoms with Crippen molar-refractivity contribution in [3.05, 3.63) is 0 Å². The summed E-state index contributed by atoms with van der Waals surface area (Å²) in [5, 5.41) is 3.50. The first kappa shape index (κ1) is 14.7. The number of nitrogens with zero attached hydrogens (tertiary/aromatic N) is 1. The molecule has 0 aliphatic carbocycles. The Morgan fingerprint density at radius 3 is 2.88 bits per heavy atom. The molecule has 4 heteroatoms. The Balaban J connectivity index is 1.86. The summed E-state index contributed by atoms with van der Waals surface area (Å²) in [6.45, 7) is 5.19. The standard InChI is InChI=1S/C12H25IN2O/c1-15-8-9-16-12(11-15)10-14-7-5-3-2-4-6-13/h12,14H,2-11H2,1H3. The fourth-order valence-corrected chi connectivity index (χ4v) is 2.49. The average Bonchev–Trinajstić information content (AvgIpc) is 2.28. The van der Waals surface area contributed by atoms with Gasteiger partial charge >= 0.3 is 0 Å². The maximum absolute atomic E-state index is 5.69. The van der Waals surface area contributed by atoms with E-state index in [0.717, 1.165) is 32.8 Å². The van der Waals surface area contributed by atoms with Gasteiger partial charge < -0.3 is 15.0 Å². The van der Waals surface area contributed by atoms with Crippen LogP contribution in [0, 0.1) is 0 Å². The predicted octanol–water partition coefficient (Wildman–Crippen LogP) is 1.90. The first-order valence-corrected chi connectivity index (χ1v) is 7.92. The summed E-state index contributed by atoms with van der Waals surface area (Å²) >= 11 is 2.45. The van der Waals surface area contributed by atoms with Gasteiger partial charge in [0, 0.05) is 19.6 Å². The summed E-state index contributed by atoms with van der Waals surface area (Å²) in [6.07, 6.45) is 5.82. The summed E-state index contributed by atoms with van der Waals surface area (Å²) in [5.74, 6) is 0. The third-order valence-electron chi connectivity index (χ3n) is 2.95. The third-order valence-corrected chi connectivity index (χ3v) is 3.71. The largest absolute Gasteiger partial charge is 0.374 e. The van der Waals surface area contributed by atoms with Gasteiger partial charge in [0.1, 0.15) is 0 Å². The average molecular weight is 340 g/mol. The van der Waals surface area contributed by atoms with Gasteiger partial charge in [0.2, 0.25) is 0 Å². The minimum absolute atomic E-state index is 0.396. The maximum atomic E-state index is 5.69. The van der Waals surface area contributed by atoms with Crippen LogP contribution in [-0.2, 0) is 4.74 Å². The molecule has 0 radical (unpaired) electrons. The Morgan fingerprint density at radius 1 is 1.31 bits per heavy atom. The number of morpholine rings is 1. The highest BCUT2D eigenvalue weighted by atomic mass is 127. The van der Waals surface area contributed by atoms with Crippen molar-refractivity contribution in [2.75, 3.05) is 44.3 Å². The molecule has 0 aromatic rings. The number of nitrogens with one attached hydrogen (secondary N) is 1. The molecule has 0 aromatic carbocycles. The van der Waals surface area contributed by atoms with Crippen LogP contribution in [-0.4, -0.2) is 55.3 Å². The molecule has 0 saturated carbocycles. The Kier molecular flexibility index (Phi) is 8.82. The number of alkyl halides is 1. The van der Waals surface area contributed by atoms with Gasteiger partial charge in [-0.3, -0.25) is 0 Å². The van der Waals surface area contributed by atoms with Gasteiger partial charge in [0.15, 0.2) is 0 Å². The van der Waals surface area contributed by atoms with Crippen LogP contribution >= 0.6 is 22.6 Å². The lowest BCUT2D eigenvalue weighted by molar-refractivity contribution is -0.0180. The lowest BCUT2D eigenvalue weighted by atomic mass is 10.2. The number of hydrogen-bond acceptors (Lipinski definition) is 3. The van der Waals surface area contributed by atoms with Gasteiger partial charge in [0.25, 0.3) is 0 Å². The number of unbranched alkanes of at least 4 members (excludes halogenated alkanes) is 3. The van der Waals surface area contributed by atoms with Crippen molar-refractivity contribution in [2.45, 2.75) is 31.8 Å². The number of ether oxygens (including phenoxy) is 1. The van der Waals surface area contributed by atoms with E-state index < -0.39 is 0 Å². The monoisotopic (exact) mass is 340 g/mol. The van der Waals surface area contributed by atoms with Crippen LogP contribution in [0.2, 0.25) is 0 Å². The Hall–Kier alpha value is 0.610. The van der Waals surface area contributed by atoms with Crippen LogP contribution in [0.3, 0.4) is 0 Å². The molecule has 1 aliphatic heterocycles. The van der Waals surface area contributed by atoms with Gasteiger partial charge in [-0.1, -0.05) is 35.4 Å². The summed E-state index contributed by atoms with van der Waals surface area (Å²) in [7, 11) is 2.17. The zero-order chi connectivity index (χ0) is 11.6. The van der Waals surface area contributed by atoms with E-state index in [0.29, 0.717) is 6.10 Å². The van der Waals surface area contributed by atoms with Crippen molar-refractivity contribution in [3.63, 3.8) is 0 Å². The van der Waals surface area contributed by atoms with E-state index in [2.05, 4.69) is 39.9 Å². The predicted molar refractivity (Wildman–Crippen MR) is 77.5 cm³/mol. The van der Waals surface area contributed by atoms with Crippen LogP contribution < -0.4 is 5.32 Å². The topological polar surface area (TPSA) is 24.5 Å². The Morgan fingerprint density at radius 2 is 2.12 bits per heavy atom.